The average Bonchev–Trinajstić information content (AvgIpc) is 3.33. The predicted molar refractivity (Wildman–Crippen MR) is 288 cm³/mol. The number of carbonyl (C=O) groups is 3. The number of allylic oxidation sites excluding steroid dienone is 16. The normalized spacial score (nSPS) is 12.8. The minimum absolute atomic E-state index is 0.123. The molecule has 0 heterocycles. The van der Waals surface area contributed by atoms with Crippen LogP contribution in [0.4, 0.5) is 0 Å². The molecule has 0 aromatic heterocycles. The summed E-state index contributed by atoms with van der Waals surface area (Å²) in [5.41, 5.74) is 0. The van der Waals surface area contributed by atoms with Gasteiger partial charge in [0, 0.05) is 19.3 Å². The fourth-order valence-corrected chi connectivity index (χ4v) is 7.33. The molecule has 0 N–H and O–H groups in total. The quantitative estimate of drug-likeness (QED) is 0.0262. The molecule has 0 bridgehead atoms. The Morgan fingerprint density at radius 1 is 0.299 bits per heavy atom. The Labute approximate surface area is 413 Å². The van der Waals surface area contributed by atoms with Crippen molar-refractivity contribution in [2.45, 2.75) is 258 Å². The Morgan fingerprint density at radius 3 is 0.940 bits per heavy atom. The molecule has 0 aromatic carbocycles. The third-order valence-electron chi connectivity index (χ3n) is 11.5. The molecule has 0 aliphatic rings. The van der Waals surface area contributed by atoms with E-state index in [9.17, 15) is 14.4 Å². The lowest BCUT2D eigenvalue weighted by molar-refractivity contribution is -0.167. The van der Waals surface area contributed by atoms with Crippen molar-refractivity contribution in [2.24, 2.45) is 0 Å². The number of carbonyl (C=O) groups excluding carboxylic acids is 3. The Morgan fingerprint density at radius 2 is 0.552 bits per heavy atom. The van der Waals surface area contributed by atoms with Crippen LogP contribution in [0.25, 0.3) is 0 Å². The maximum atomic E-state index is 12.8. The van der Waals surface area contributed by atoms with Gasteiger partial charge in [0.25, 0.3) is 0 Å². The van der Waals surface area contributed by atoms with Gasteiger partial charge in [-0.15, -0.1) is 0 Å². The molecule has 0 aliphatic carbocycles. The molecule has 0 fully saturated rings. The number of unbranched alkanes of at least 4 members (excludes halogenated alkanes) is 22. The topological polar surface area (TPSA) is 78.9 Å². The second kappa shape index (κ2) is 54.9. The molecular formula is C61H102O6. The summed E-state index contributed by atoms with van der Waals surface area (Å²) in [6.45, 7) is 6.50. The summed E-state index contributed by atoms with van der Waals surface area (Å²) in [7, 11) is 0. The Hall–Kier alpha value is -3.67. The molecule has 0 aromatic rings. The van der Waals surface area contributed by atoms with E-state index >= 15 is 0 Å². The van der Waals surface area contributed by atoms with Crippen LogP contribution in [0.5, 0.6) is 0 Å². The van der Waals surface area contributed by atoms with Crippen molar-refractivity contribution < 1.29 is 28.6 Å². The molecule has 382 valence electrons. The molecule has 1 atom stereocenters. The van der Waals surface area contributed by atoms with Crippen molar-refractivity contribution >= 4 is 17.9 Å². The molecule has 0 aliphatic heterocycles. The summed E-state index contributed by atoms with van der Waals surface area (Å²) in [5, 5.41) is 0. The van der Waals surface area contributed by atoms with Crippen LogP contribution < -0.4 is 0 Å². The number of hydrogen-bond donors (Lipinski definition) is 0. The molecule has 67 heavy (non-hydrogen) atoms. The molecule has 0 saturated heterocycles. The first-order valence-electron chi connectivity index (χ1n) is 27.7. The van der Waals surface area contributed by atoms with Crippen molar-refractivity contribution in [2.75, 3.05) is 13.2 Å². The van der Waals surface area contributed by atoms with Crippen LogP contribution in [0.2, 0.25) is 0 Å². The van der Waals surface area contributed by atoms with Gasteiger partial charge in [0.1, 0.15) is 13.2 Å². The smallest absolute Gasteiger partial charge is 0.306 e. The van der Waals surface area contributed by atoms with Crippen molar-refractivity contribution in [1.29, 1.82) is 0 Å². The lowest BCUT2D eigenvalue weighted by atomic mass is 10.1. The molecule has 0 amide bonds. The molecule has 6 heteroatoms. The molecule has 0 spiro atoms. The highest BCUT2D eigenvalue weighted by Gasteiger charge is 2.19. The average molecular weight is 931 g/mol. The second-order valence-corrected chi connectivity index (χ2v) is 18.1. The largest absolute Gasteiger partial charge is 0.462 e. The number of rotatable bonds is 49. The zero-order valence-corrected chi connectivity index (χ0v) is 43.6. The maximum absolute atomic E-state index is 12.8. The third-order valence-corrected chi connectivity index (χ3v) is 11.5. The number of esters is 3. The van der Waals surface area contributed by atoms with Gasteiger partial charge in [-0.2, -0.15) is 0 Å². The van der Waals surface area contributed by atoms with Crippen LogP contribution in [0, 0.1) is 0 Å². The first kappa shape index (κ1) is 63.3. The van der Waals surface area contributed by atoms with Crippen molar-refractivity contribution in [3.8, 4) is 0 Å². The number of hydrogen-bond acceptors (Lipinski definition) is 6. The molecule has 6 nitrogen and oxygen atoms in total. The van der Waals surface area contributed by atoms with Crippen LogP contribution in [0.1, 0.15) is 252 Å². The summed E-state index contributed by atoms with van der Waals surface area (Å²) < 4.78 is 16.7. The standard InChI is InChI=1S/C61H102O6/c1-4-7-10-13-16-19-22-25-28-30-33-35-38-41-44-47-50-53-59(62)65-56-58(67-61(64)55-52-49-46-43-40-37-32-27-24-21-18-15-12-9-6-3)57-66-60(63)54-51-48-45-42-39-36-34-31-29-26-23-20-17-14-11-8-5-2/h16,19,21,24-26,28-29,33-36,41-42,44-45,58H,4-15,17-18,20,22-23,27,30-32,37-40,43,46-57H2,1-3H3/b19-16-,24-21-,28-25-,29-26-,35-33-,36-34-,44-41-,45-42-/t58-/m1/s1. The van der Waals surface area contributed by atoms with Gasteiger partial charge in [0.2, 0.25) is 0 Å². The van der Waals surface area contributed by atoms with Gasteiger partial charge in [-0.3, -0.25) is 14.4 Å². The van der Waals surface area contributed by atoms with Crippen LogP contribution in [0.15, 0.2) is 97.2 Å². The summed E-state index contributed by atoms with van der Waals surface area (Å²) in [5.74, 6) is -1.03. The first-order valence-corrected chi connectivity index (χ1v) is 27.7. The van der Waals surface area contributed by atoms with Crippen LogP contribution in [0.3, 0.4) is 0 Å². The van der Waals surface area contributed by atoms with Gasteiger partial charge in [-0.1, -0.05) is 214 Å². The predicted octanol–water partition coefficient (Wildman–Crippen LogP) is 18.5. The minimum atomic E-state index is -0.823. The van der Waals surface area contributed by atoms with E-state index < -0.39 is 6.10 Å². The van der Waals surface area contributed by atoms with Gasteiger partial charge in [-0.25, -0.2) is 0 Å². The van der Waals surface area contributed by atoms with E-state index in [4.69, 9.17) is 14.2 Å². The Bertz CT molecular complexity index is 1350. The van der Waals surface area contributed by atoms with Crippen LogP contribution in [-0.4, -0.2) is 37.2 Å². The third kappa shape index (κ3) is 53.2. The highest BCUT2D eigenvalue weighted by Crippen LogP contribution is 2.13. The van der Waals surface area contributed by atoms with Crippen molar-refractivity contribution in [3.63, 3.8) is 0 Å². The van der Waals surface area contributed by atoms with E-state index in [-0.39, 0.29) is 44.0 Å². The zero-order chi connectivity index (χ0) is 48.6. The van der Waals surface area contributed by atoms with E-state index in [1.54, 1.807) is 0 Å². The van der Waals surface area contributed by atoms with E-state index in [2.05, 4.69) is 118 Å². The fraction of sp³-hybridized carbons (Fsp3) is 0.689. The van der Waals surface area contributed by atoms with Gasteiger partial charge < -0.3 is 14.2 Å². The van der Waals surface area contributed by atoms with E-state index in [0.717, 1.165) is 64.2 Å². The van der Waals surface area contributed by atoms with Gasteiger partial charge in [-0.05, 0) is 116 Å². The summed E-state index contributed by atoms with van der Waals surface area (Å²) in [6.07, 6.45) is 72.6. The SMILES string of the molecule is CCCCC/C=C\C/C=C\C/C=C\C/C=C\CCCC(=O)OC[C@H](COC(=O)CCC/C=C\C/C=C\C/C=C\CCCCCCCC)OC(=O)CCCCCCCCC/C=C\CCCCCC. The molecule has 0 unspecified atom stereocenters. The van der Waals surface area contributed by atoms with E-state index in [1.165, 1.54) is 135 Å². The summed E-state index contributed by atoms with van der Waals surface area (Å²) in [6, 6.07) is 0. The highest BCUT2D eigenvalue weighted by atomic mass is 16.6. The van der Waals surface area contributed by atoms with Crippen LogP contribution in [-0.2, 0) is 28.6 Å². The van der Waals surface area contributed by atoms with E-state index in [1.807, 2.05) is 0 Å². The fourth-order valence-electron chi connectivity index (χ4n) is 7.33. The lowest BCUT2D eigenvalue weighted by Gasteiger charge is -2.18. The first-order chi connectivity index (χ1) is 33.0. The van der Waals surface area contributed by atoms with Gasteiger partial charge in [0.15, 0.2) is 6.10 Å². The van der Waals surface area contributed by atoms with Crippen molar-refractivity contribution in [1.82, 2.24) is 0 Å². The van der Waals surface area contributed by atoms with E-state index in [0.29, 0.717) is 19.3 Å². The van der Waals surface area contributed by atoms with Gasteiger partial charge in [0.05, 0.1) is 0 Å². The van der Waals surface area contributed by atoms with Crippen molar-refractivity contribution in [3.05, 3.63) is 97.2 Å². The minimum Gasteiger partial charge on any atom is -0.462 e. The molecule has 0 rings (SSSR count). The Balaban J connectivity index is 4.55. The Kier molecular flexibility index (Phi) is 51.9. The summed E-state index contributed by atoms with van der Waals surface area (Å²) in [4.78, 5) is 38.0. The molecule has 0 saturated carbocycles. The summed E-state index contributed by atoms with van der Waals surface area (Å²) >= 11 is 0. The molecule has 0 radical (unpaired) electrons. The zero-order valence-electron chi connectivity index (χ0n) is 43.6. The molecular weight excluding hydrogens is 829 g/mol. The maximum Gasteiger partial charge on any atom is 0.306 e. The number of ether oxygens (including phenoxy) is 3. The second-order valence-electron chi connectivity index (χ2n) is 18.1. The van der Waals surface area contributed by atoms with Crippen LogP contribution >= 0.6 is 0 Å². The van der Waals surface area contributed by atoms with Gasteiger partial charge >= 0.3 is 17.9 Å². The monoisotopic (exact) mass is 931 g/mol. The highest BCUT2D eigenvalue weighted by molar-refractivity contribution is 5.71. The lowest BCUT2D eigenvalue weighted by Crippen LogP contribution is -2.30.